The van der Waals surface area contributed by atoms with E-state index in [0.29, 0.717) is 16.6 Å². The van der Waals surface area contributed by atoms with E-state index < -0.39 is 12.8 Å². The summed E-state index contributed by atoms with van der Waals surface area (Å²) in [6, 6.07) is 15.7. The third-order valence-corrected chi connectivity index (χ3v) is 4.71. The van der Waals surface area contributed by atoms with E-state index in [0.717, 1.165) is 18.4 Å². The molecule has 7 heteroatoms. The van der Waals surface area contributed by atoms with Crippen molar-refractivity contribution in [3.05, 3.63) is 65.9 Å². The van der Waals surface area contributed by atoms with Crippen LogP contribution in [0.1, 0.15) is 28.9 Å². The number of alkyl halides is 3. The maximum Gasteiger partial charge on any atom is 0.304 e. The highest BCUT2D eigenvalue weighted by Gasteiger charge is 2.45. The number of aromatic nitrogens is 1. The maximum atomic E-state index is 13.1. The summed E-state index contributed by atoms with van der Waals surface area (Å²) < 4.78 is 42.2. The second kappa shape index (κ2) is 6.64. The Balaban J connectivity index is 1.53. The molecule has 4 nitrogen and oxygen atoms in total. The second-order valence-corrected chi connectivity index (χ2v) is 6.64. The average molecular weight is 374 g/mol. The minimum absolute atomic E-state index is 0.0239. The Morgan fingerprint density at radius 1 is 1.07 bits per heavy atom. The van der Waals surface area contributed by atoms with Gasteiger partial charge in [-0.15, -0.1) is 0 Å². The molecule has 4 rings (SSSR count). The predicted molar refractivity (Wildman–Crippen MR) is 94.6 cm³/mol. The summed E-state index contributed by atoms with van der Waals surface area (Å²) in [5.41, 5.74) is 1.69. The molecule has 0 aliphatic heterocycles. The molecule has 1 aliphatic rings. The van der Waals surface area contributed by atoms with E-state index in [1.54, 1.807) is 12.1 Å². The van der Waals surface area contributed by atoms with Crippen molar-refractivity contribution < 1.29 is 22.7 Å². The van der Waals surface area contributed by atoms with Crippen molar-refractivity contribution in [1.29, 1.82) is 0 Å². The fraction of sp³-hybridized carbons (Fsp3) is 0.250. The number of hydrogen-bond acceptors (Lipinski definition) is 2. The normalized spacial score (nSPS) is 16.3. The van der Waals surface area contributed by atoms with Crippen molar-refractivity contribution in [2.75, 3.05) is 0 Å². The first-order chi connectivity index (χ1) is 13.0. The van der Waals surface area contributed by atoms with Crippen LogP contribution in [0.4, 0.5) is 13.2 Å². The predicted octanol–water partition coefficient (Wildman–Crippen LogP) is 4.53. The monoisotopic (exact) mass is 374 g/mol. The van der Waals surface area contributed by atoms with Crippen molar-refractivity contribution in [1.82, 2.24) is 10.3 Å². The van der Waals surface area contributed by atoms with Crippen LogP contribution in [-0.4, -0.2) is 23.7 Å². The van der Waals surface area contributed by atoms with Gasteiger partial charge in [-0.1, -0.05) is 30.3 Å². The van der Waals surface area contributed by atoms with Gasteiger partial charge in [-0.25, -0.2) is 8.78 Å². The molecule has 1 unspecified atom stereocenters. The summed E-state index contributed by atoms with van der Waals surface area (Å²) in [6.07, 6.45) is -4.18. The van der Waals surface area contributed by atoms with E-state index >= 15 is 0 Å². The smallest absolute Gasteiger partial charge is 0.304 e. The highest BCUT2D eigenvalue weighted by molar-refractivity contribution is 5.98. The van der Waals surface area contributed by atoms with Gasteiger partial charge in [0.2, 0.25) is 0 Å². The molecule has 1 aliphatic carbocycles. The number of H-pyrrole nitrogens is 1. The molecule has 1 amide bonds. The lowest BCUT2D eigenvalue weighted by molar-refractivity contribution is -0.0668. The van der Waals surface area contributed by atoms with Gasteiger partial charge in [0.25, 0.3) is 12.3 Å². The zero-order valence-electron chi connectivity index (χ0n) is 14.2. The van der Waals surface area contributed by atoms with Crippen LogP contribution in [0.3, 0.4) is 0 Å². The number of hydrogen-bond donors (Lipinski definition) is 2. The Kier molecular flexibility index (Phi) is 4.30. The van der Waals surface area contributed by atoms with E-state index in [-0.39, 0.29) is 17.2 Å². The van der Waals surface area contributed by atoms with Crippen molar-refractivity contribution >= 4 is 16.8 Å². The average Bonchev–Trinajstić information content (AvgIpc) is 3.31. The minimum atomic E-state index is -3.22. The van der Waals surface area contributed by atoms with Gasteiger partial charge in [-0.2, -0.15) is 4.39 Å². The van der Waals surface area contributed by atoms with Crippen LogP contribution in [0.2, 0.25) is 0 Å². The number of benzene rings is 2. The number of fused-ring (bicyclic) bond motifs is 1. The highest BCUT2D eigenvalue weighted by Crippen LogP contribution is 2.45. The largest absolute Gasteiger partial charge is 0.454 e. The maximum absolute atomic E-state index is 13.1. The first kappa shape index (κ1) is 17.5. The van der Waals surface area contributed by atoms with Gasteiger partial charge < -0.3 is 15.0 Å². The van der Waals surface area contributed by atoms with Gasteiger partial charge >= 0.3 is 6.43 Å². The number of nitrogens with one attached hydrogen (secondary N) is 2. The second-order valence-electron chi connectivity index (χ2n) is 6.64. The molecule has 2 N–H and O–H groups in total. The summed E-state index contributed by atoms with van der Waals surface area (Å²) in [7, 11) is 0. The molecule has 0 bridgehead atoms. The van der Waals surface area contributed by atoms with Crippen LogP contribution in [0.25, 0.3) is 10.9 Å². The van der Waals surface area contributed by atoms with Crippen LogP contribution in [0.15, 0.2) is 54.6 Å². The molecule has 27 heavy (non-hydrogen) atoms. The van der Waals surface area contributed by atoms with Crippen molar-refractivity contribution in [2.45, 2.75) is 31.2 Å². The number of halogens is 3. The zero-order chi connectivity index (χ0) is 19.0. The molecule has 3 aromatic rings. The molecule has 1 saturated carbocycles. The Morgan fingerprint density at radius 2 is 1.81 bits per heavy atom. The Morgan fingerprint density at radius 3 is 2.48 bits per heavy atom. The number of ether oxygens (including phenoxy) is 1. The van der Waals surface area contributed by atoms with Gasteiger partial charge in [0.05, 0.1) is 5.54 Å². The first-order valence-electron chi connectivity index (χ1n) is 8.57. The van der Waals surface area contributed by atoms with Crippen molar-refractivity contribution in [3.63, 3.8) is 0 Å². The first-order valence-corrected chi connectivity index (χ1v) is 8.57. The molecule has 2 aromatic carbocycles. The molecule has 1 fully saturated rings. The zero-order valence-corrected chi connectivity index (χ0v) is 14.2. The molecule has 140 valence electrons. The summed E-state index contributed by atoms with van der Waals surface area (Å²) in [5.74, 6) is -0.282. The lowest BCUT2D eigenvalue weighted by Gasteiger charge is -2.17. The third-order valence-electron chi connectivity index (χ3n) is 4.71. The SMILES string of the molecule is O=C(NC1(c2ccccc2)CC1)c1cc2cc(OC(F)C(F)F)ccc2[nH]1. The Bertz CT molecular complexity index is 968. The summed E-state index contributed by atoms with van der Waals surface area (Å²) in [6.45, 7) is 0. The molecule has 1 heterocycles. The summed E-state index contributed by atoms with van der Waals surface area (Å²) in [5, 5.41) is 3.63. The molecule has 1 atom stereocenters. The number of aromatic amines is 1. The molecular weight excluding hydrogens is 357 g/mol. The van der Waals surface area contributed by atoms with Gasteiger partial charge in [0.1, 0.15) is 11.4 Å². The topological polar surface area (TPSA) is 54.1 Å². The molecule has 0 spiro atoms. The fourth-order valence-electron chi connectivity index (χ4n) is 3.14. The standard InChI is InChI=1S/C20H17F3N2O2/c21-17(22)18(23)27-14-6-7-15-12(10-14)11-16(24-15)19(26)25-20(8-9-20)13-4-2-1-3-5-13/h1-7,10-11,17-18,24H,8-9H2,(H,25,26). The van der Waals surface area contributed by atoms with E-state index in [4.69, 9.17) is 0 Å². The lowest BCUT2D eigenvalue weighted by atomic mass is 10.0. The lowest BCUT2D eigenvalue weighted by Crippen LogP contribution is -2.34. The van der Waals surface area contributed by atoms with E-state index in [1.165, 1.54) is 12.1 Å². The van der Waals surface area contributed by atoms with Gasteiger partial charge in [-0.3, -0.25) is 4.79 Å². The molecule has 0 saturated heterocycles. The number of amides is 1. The van der Waals surface area contributed by atoms with Crippen LogP contribution in [-0.2, 0) is 5.54 Å². The van der Waals surface area contributed by atoms with Gasteiger partial charge in [0.15, 0.2) is 0 Å². The van der Waals surface area contributed by atoms with Crippen molar-refractivity contribution in [2.24, 2.45) is 0 Å². The van der Waals surface area contributed by atoms with Gasteiger partial charge in [-0.05, 0) is 42.7 Å². The van der Waals surface area contributed by atoms with Crippen LogP contribution in [0.5, 0.6) is 5.75 Å². The van der Waals surface area contributed by atoms with E-state index in [9.17, 15) is 18.0 Å². The van der Waals surface area contributed by atoms with Crippen LogP contribution < -0.4 is 10.1 Å². The highest BCUT2D eigenvalue weighted by atomic mass is 19.3. The Labute approximate surface area is 153 Å². The Hall–Kier alpha value is -2.96. The quantitative estimate of drug-likeness (QED) is 0.666. The minimum Gasteiger partial charge on any atom is -0.454 e. The van der Waals surface area contributed by atoms with E-state index in [2.05, 4.69) is 15.0 Å². The molecule has 0 radical (unpaired) electrons. The summed E-state index contributed by atoms with van der Waals surface area (Å²) in [4.78, 5) is 15.7. The number of carbonyl (C=O) groups is 1. The van der Waals surface area contributed by atoms with Crippen LogP contribution in [0, 0.1) is 0 Å². The molecular formula is C20H17F3N2O2. The third kappa shape index (κ3) is 3.49. The number of rotatable bonds is 6. The van der Waals surface area contributed by atoms with Gasteiger partial charge in [0, 0.05) is 10.9 Å². The number of carbonyl (C=O) groups excluding carboxylic acids is 1. The molecule has 1 aromatic heterocycles. The fourth-order valence-corrected chi connectivity index (χ4v) is 3.14. The van der Waals surface area contributed by atoms with E-state index in [1.807, 2.05) is 30.3 Å². The van der Waals surface area contributed by atoms with Crippen molar-refractivity contribution in [3.8, 4) is 5.75 Å². The summed E-state index contributed by atoms with van der Waals surface area (Å²) >= 11 is 0. The van der Waals surface area contributed by atoms with Crippen LogP contribution >= 0.6 is 0 Å².